The molecular weight excluding hydrogens is 625 g/mol. The first-order valence-electron chi connectivity index (χ1n) is 12.2. The molecule has 0 radical (unpaired) electrons. The lowest BCUT2D eigenvalue weighted by Crippen LogP contribution is -2.51. The van der Waals surface area contributed by atoms with Gasteiger partial charge in [0.05, 0.1) is 20.6 Å². The van der Waals surface area contributed by atoms with Crippen molar-refractivity contribution in [2.45, 2.75) is 38.3 Å². The molecule has 0 aliphatic heterocycles. The molecule has 7 nitrogen and oxygen atoms in total. The number of rotatable bonds is 11. The van der Waals surface area contributed by atoms with Gasteiger partial charge in [0.25, 0.3) is 10.0 Å². The van der Waals surface area contributed by atoms with Crippen LogP contribution in [0.5, 0.6) is 0 Å². The van der Waals surface area contributed by atoms with E-state index in [0.717, 1.165) is 4.31 Å². The predicted octanol–water partition coefficient (Wildman–Crippen LogP) is 6.14. The molecule has 1 atom stereocenters. The summed E-state index contributed by atoms with van der Waals surface area (Å²) in [6.45, 7) is 5.47. The second-order valence-electron chi connectivity index (χ2n) is 9.39. The van der Waals surface area contributed by atoms with Gasteiger partial charge in [0.2, 0.25) is 11.8 Å². The Kier molecular flexibility index (Phi) is 10.8. The smallest absolute Gasteiger partial charge is 0.264 e. The highest BCUT2D eigenvalue weighted by atomic mass is 79.9. The minimum Gasteiger partial charge on any atom is -0.354 e. The largest absolute Gasteiger partial charge is 0.354 e. The molecular formula is C28H30BrCl2N3O4S. The zero-order chi connectivity index (χ0) is 28.7. The zero-order valence-corrected chi connectivity index (χ0v) is 25.7. The Hall–Kier alpha value is -2.59. The van der Waals surface area contributed by atoms with Crippen molar-refractivity contribution in [1.29, 1.82) is 0 Å². The van der Waals surface area contributed by atoms with E-state index in [2.05, 4.69) is 21.2 Å². The topological polar surface area (TPSA) is 86.8 Å². The Morgan fingerprint density at radius 1 is 0.923 bits per heavy atom. The minimum absolute atomic E-state index is 0.0176. The van der Waals surface area contributed by atoms with Gasteiger partial charge in [0, 0.05) is 17.6 Å². The Balaban J connectivity index is 2.01. The summed E-state index contributed by atoms with van der Waals surface area (Å²) in [5, 5.41) is 3.52. The normalized spacial score (nSPS) is 12.2. The van der Waals surface area contributed by atoms with E-state index in [1.165, 1.54) is 17.0 Å². The molecule has 0 saturated heterocycles. The summed E-state index contributed by atoms with van der Waals surface area (Å²) in [6, 6.07) is 18.6. The van der Waals surface area contributed by atoms with E-state index in [1.807, 2.05) is 13.8 Å². The van der Waals surface area contributed by atoms with E-state index < -0.39 is 28.5 Å². The number of hydrogen-bond donors (Lipinski definition) is 1. The van der Waals surface area contributed by atoms with Crippen LogP contribution in [0.1, 0.15) is 26.3 Å². The van der Waals surface area contributed by atoms with Crippen molar-refractivity contribution < 1.29 is 18.0 Å². The predicted molar refractivity (Wildman–Crippen MR) is 159 cm³/mol. The fraction of sp³-hybridized carbons (Fsp3) is 0.286. The third-order valence-electron chi connectivity index (χ3n) is 5.90. The lowest BCUT2D eigenvalue weighted by Gasteiger charge is -2.32. The summed E-state index contributed by atoms with van der Waals surface area (Å²) in [6.07, 6.45) is 0. The van der Waals surface area contributed by atoms with Crippen LogP contribution in [0.3, 0.4) is 0 Å². The van der Waals surface area contributed by atoms with Crippen LogP contribution in [0.4, 0.5) is 5.69 Å². The maximum absolute atomic E-state index is 13.9. The van der Waals surface area contributed by atoms with Crippen LogP contribution in [0, 0.1) is 5.92 Å². The number of halogens is 3. The Morgan fingerprint density at radius 2 is 1.62 bits per heavy atom. The SMILES string of the molecule is CC(C)CNC(=O)C(C)N(Cc1ccc(Cl)c(Cl)c1)C(=O)CN(c1cccc(Br)c1)S(=O)(=O)c1ccccc1. The first-order valence-corrected chi connectivity index (χ1v) is 15.2. The van der Waals surface area contributed by atoms with Crippen LogP contribution in [0.15, 0.2) is 82.2 Å². The van der Waals surface area contributed by atoms with Crippen molar-refractivity contribution in [2.24, 2.45) is 5.92 Å². The number of carbonyl (C=O) groups excluding carboxylic acids is 2. The molecule has 0 aromatic heterocycles. The fourth-order valence-electron chi connectivity index (χ4n) is 3.75. The monoisotopic (exact) mass is 653 g/mol. The number of hydrogen-bond acceptors (Lipinski definition) is 4. The number of nitrogens with zero attached hydrogens (tertiary/aromatic N) is 2. The van der Waals surface area contributed by atoms with Crippen LogP contribution >= 0.6 is 39.1 Å². The van der Waals surface area contributed by atoms with Gasteiger partial charge >= 0.3 is 0 Å². The minimum atomic E-state index is -4.13. The number of carbonyl (C=O) groups is 2. The molecule has 2 amide bonds. The molecule has 0 aliphatic carbocycles. The van der Waals surface area contributed by atoms with E-state index in [4.69, 9.17) is 23.2 Å². The molecule has 3 aromatic carbocycles. The van der Waals surface area contributed by atoms with Gasteiger partial charge in [0.15, 0.2) is 0 Å². The van der Waals surface area contributed by atoms with Crippen molar-refractivity contribution >= 4 is 66.7 Å². The van der Waals surface area contributed by atoms with Crippen LogP contribution < -0.4 is 9.62 Å². The molecule has 0 fully saturated rings. The van der Waals surface area contributed by atoms with Gasteiger partial charge < -0.3 is 10.2 Å². The van der Waals surface area contributed by atoms with Gasteiger partial charge in [0.1, 0.15) is 12.6 Å². The van der Waals surface area contributed by atoms with Crippen molar-refractivity contribution in [1.82, 2.24) is 10.2 Å². The molecule has 0 spiro atoms. The van der Waals surface area contributed by atoms with Gasteiger partial charge in [-0.1, -0.05) is 83.3 Å². The van der Waals surface area contributed by atoms with Gasteiger partial charge in [-0.05, 0) is 60.9 Å². The molecule has 0 saturated carbocycles. The summed E-state index contributed by atoms with van der Waals surface area (Å²) in [7, 11) is -4.13. The number of nitrogens with one attached hydrogen (secondary N) is 1. The van der Waals surface area contributed by atoms with Gasteiger partial charge in [-0.15, -0.1) is 0 Å². The molecule has 208 valence electrons. The first-order chi connectivity index (χ1) is 18.4. The van der Waals surface area contributed by atoms with Gasteiger partial charge in [-0.3, -0.25) is 13.9 Å². The van der Waals surface area contributed by atoms with Gasteiger partial charge in [-0.25, -0.2) is 8.42 Å². The average Bonchev–Trinajstić information content (AvgIpc) is 2.90. The summed E-state index contributed by atoms with van der Waals surface area (Å²) in [5.41, 5.74) is 0.939. The number of amides is 2. The molecule has 0 heterocycles. The Labute approximate surface area is 248 Å². The second-order valence-corrected chi connectivity index (χ2v) is 13.0. The summed E-state index contributed by atoms with van der Waals surface area (Å²) < 4.78 is 29.2. The quantitative estimate of drug-likeness (QED) is 0.269. The molecule has 1 unspecified atom stereocenters. The number of sulfonamides is 1. The second kappa shape index (κ2) is 13.7. The van der Waals surface area contributed by atoms with E-state index >= 15 is 0 Å². The highest BCUT2D eigenvalue weighted by Crippen LogP contribution is 2.28. The molecule has 0 bridgehead atoms. The van der Waals surface area contributed by atoms with Crippen LogP contribution in [-0.2, 0) is 26.2 Å². The maximum atomic E-state index is 13.9. The van der Waals surface area contributed by atoms with Gasteiger partial charge in [-0.2, -0.15) is 0 Å². The third-order valence-corrected chi connectivity index (χ3v) is 8.92. The zero-order valence-electron chi connectivity index (χ0n) is 21.8. The standard InChI is InChI=1S/C28H30BrCl2N3O4S/c1-19(2)16-32-28(36)20(3)33(17-21-12-13-25(30)26(31)14-21)27(35)18-34(23-9-7-8-22(29)15-23)39(37,38)24-10-5-4-6-11-24/h4-15,19-20H,16-18H2,1-3H3,(H,32,36). The lowest BCUT2D eigenvalue weighted by atomic mass is 10.1. The molecule has 3 aromatic rings. The van der Waals surface area contributed by atoms with E-state index in [-0.39, 0.29) is 23.3 Å². The number of benzene rings is 3. The lowest BCUT2D eigenvalue weighted by molar-refractivity contribution is -0.139. The van der Waals surface area contributed by atoms with Crippen molar-refractivity contribution in [3.05, 3.63) is 92.9 Å². The first kappa shape index (κ1) is 30.9. The van der Waals surface area contributed by atoms with Crippen molar-refractivity contribution in [3.63, 3.8) is 0 Å². The Morgan fingerprint density at radius 3 is 2.23 bits per heavy atom. The van der Waals surface area contributed by atoms with Crippen molar-refractivity contribution in [2.75, 3.05) is 17.4 Å². The Bertz CT molecular complexity index is 1420. The highest BCUT2D eigenvalue weighted by Gasteiger charge is 2.32. The maximum Gasteiger partial charge on any atom is 0.264 e. The van der Waals surface area contributed by atoms with E-state index in [0.29, 0.717) is 32.3 Å². The molecule has 1 N–H and O–H groups in total. The average molecular weight is 655 g/mol. The van der Waals surface area contributed by atoms with E-state index in [9.17, 15) is 18.0 Å². The fourth-order valence-corrected chi connectivity index (χ4v) is 5.88. The third kappa shape index (κ3) is 8.20. The summed E-state index contributed by atoms with van der Waals surface area (Å²) in [5.74, 6) is -0.701. The molecule has 0 aliphatic rings. The number of anilines is 1. The summed E-state index contributed by atoms with van der Waals surface area (Å²) in [4.78, 5) is 28.3. The summed E-state index contributed by atoms with van der Waals surface area (Å²) >= 11 is 15.7. The molecule has 3 rings (SSSR count). The van der Waals surface area contributed by atoms with Crippen LogP contribution in [-0.4, -0.2) is 44.3 Å². The van der Waals surface area contributed by atoms with Crippen molar-refractivity contribution in [3.8, 4) is 0 Å². The molecule has 11 heteroatoms. The van der Waals surface area contributed by atoms with E-state index in [1.54, 1.807) is 67.6 Å². The van der Waals surface area contributed by atoms with Crippen LogP contribution in [0.25, 0.3) is 0 Å². The van der Waals surface area contributed by atoms with Crippen LogP contribution in [0.2, 0.25) is 10.0 Å². The molecule has 39 heavy (non-hydrogen) atoms. The highest BCUT2D eigenvalue weighted by molar-refractivity contribution is 9.10.